The number of benzene rings is 1. The first kappa shape index (κ1) is 19.4. The van der Waals surface area contributed by atoms with Crippen molar-refractivity contribution >= 4 is 11.9 Å². The van der Waals surface area contributed by atoms with E-state index in [1.807, 2.05) is 24.3 Å². The number of nitrogens with zero attached hydrogens (tertiary/aromatic N) is 4. The Kier molecular flexibility index (Phi) is 5.29. The fraction of sp³-hybridized carbons (Fsp3) is 0.250. The first-order valence-electron chi connectivity index (χ1n) is 9.51. The molecule has 4 rings (SSSR count). The van der Waals surface area contributed by atoms with Crippen molar-refractivity contribution in [1.82, 2.24) is 35.5 Å². The van der Waals surface area contributed by atoms with Crippen LogP contribution in [0.15, 0.2) is 47.4 Å². The number of nitrogens with one attached hydrogen (secondary N) is 3. The Bertz CT molecular complexity index is 1110. The van der Waals surface area contributed by atoms with Crippen LogP contribution in [0.5, 0.6) is 0 Å². The van der Waals surface area contributed by atoms with E-state index in [0.29, 0.717) is 43.3 Å². The van der Waals surface area contributed by atoms with E-state index >= 15 is 0 Å². The molecule has 10 heteroatoms. The Hall–Kier alpha value is -3.95. The molecule has 0 bridgehead atoms. The number of aromatic amines is 1. The van der Waals surface area contributed by atoms with Gasteiger partial charge in [0.1, 0.15) is 0 Å². The standard InChI is InChI=1S/C20H21N7O3/c1-13-16(11-23-27(13)17-6-7-18(28)25-24-17)19(29)22-10-14-2-4-15(5-3-14)12-26-9-8-21-20(26)30/h2-7,11H,8-10,12H2,1H3,(H,21,30)(H,22,29)(H,25,28). The highest BCUT2D eigenvalue weighted by molar-refractivity contribution is 5.95. The van der Waals surface area contributed by atoms with Gasteiger partial charge in [0.2, 0.25) is 0 Å². The fourth-order valence-electron chi connectivity index (χ4n) is 3.24. The number of H-pyrrole nitrogens is 1. The molecule has 3 N–H and O–H groups in total. The van der Waals surface area contributed by atoms with E-state index in [1.165, 1.54) is 23.0 Å². The number of amides is 3. The van der Waals surface area contributed by atoms with Crippen molar-refractivity contribution in [2.45, 2.75) is 20.0 Å². The molecule has 3 aromatic rings. The van der Waals surface area contributed by atoms with Gasteiger partial charge in [-0.3, -0.25) is 9.59 Å². The van der Waals surface area contributed by atoms with Crippen molar-refractivity contribution in [3.8, 4) is 5.82 Å². The van der Waals surface area contributed by atoms with Gasteiger partial charge in [-0.2, -0.15) is 10.2 Å². The quantitative estimate of drug-likeness (QED) is 0.555. The molecule has 1 fully saturated rings. The molecule has 10 nitrogen and oxygen atoms in total. The summed E-state index contributed by atoms with van der Waals surface area (Å²) >= 11 is 0. The molecule has 0 spiro atoms. The molecule has 0 aliphatic carbocycles. The number of hydrogen-bond acceptors (Lipinski definition) is 5. The Labute approximate surface area is 171 Å². The van der Waals surface area contributed by atoms with Crippen molar-refractivity contribution in [2.75, 3.05) is 13.1 Å². The van der Waals surface area contributed by atoms with E-state index < -0.39 is 0 Å². The maximum absolute atomic E-state index is 12.6. The third kappa shape index (κ3) is 4.07. The van der Waals surface area contributed by atoms with Crippen LogP contribution in [0.2, 0.25) is 0 Å². The second-order valence-electron chi connectivity index (χ2n) is 6.99. The van der Waals surface area contributed by atoms with Gasteiger partial charge in [0.15, 0.2) is 5.82 Å². The molecule has 2 aromatic heterocycles. The Morgan fingerprint density at radius 2 is 1.90 bits per heavy atom. The van der Waals surface area contributed by atoms with E-state index in [-0.39, 0.29) is 17.5 Å². The molecule has 1 aliphatic heterocycles. The van der Waals surface area contributed by atoms with E-state index in [4.69, 9.17) is 0 Å². The highest BCUT2D eigenvalue weighted by atomic mass is 16.2. The zero-order valence-corrected chi connectivity index (χ0v) is 16.4. The summed E-state index contributed by atoms with van der Waals surface area (Å²) in [6.45, 7) is 4.08. The van der Waals surface area contributed by atoms with Gasteiger partial charge < -0.3 is 15.5 Å². The summed E-state index contributed by atoms with van der Waals surface area (Å²) in [5.74, 6) is 0.175. The van der Waals surface area contributed by atoms with Gasteiger partial charge in [-0.05, 0) is 24.1 Å². The van der Waals surface area contributed by atoms with Crippen molar-refractivity contribution < 1.29 is 9.59 Å². The maximum atomic E-state index is 12.6. The van der Waals surface area contributed by atoms with Crippen molar-refractivity contribution in [2.24, 2.45) is 0 Å². The topological polar surface area (TPSA) is 125 Å². The Morgan fingerprint density at radius 1 is 1.13 bits per heavy atom. The lowest BCUT2D eigenvalue weighted by atomic mass is 10.1. The van der Waals surface area contributed by atoms with Crippen molar-refractivity contribution in [1.29, 1.82) is 0 Å². The average Bonchev–Trinajstić information content (AvgIpc) is 3.33. The van der Waals surface area contributed by atoms with Crippen LogP contribution < -0.4 is 16.2 Å². The summed E-state index contributed by atoms with van der Waals surface area (Å²) in [4.78, 5) is 37.1. The zero-order valence-electron chi connectivity index (χ0n) is 16.4. The lowest BCUT2D eigenvalue weighted by Crippen LogP contribution is -2.27. The summed E-state index contributed by atoms with van der Waals surface area (Å²) in [6.07, 6.45) is 1.47. The van der Waals surface area contributed by atoms with Gasteiger partial charge in [-0.15, -0.1) is 0 Å². The zero-order chi connectivity index (χ0) is 21.1. The third-order valence-electron chi connectivity index (χ3n) is 4.93. The molecule has 1 aliphatic rings. The van der Waals surface area contributed by atoms with Gasteiger partial charge in [0.25, 0.3) is 11.5 Å². The largest absolute Gasteiger partial charge is 0.348 e. The van der Waals surface area contributed by atoms with Crippen LogP contribution in [0.1, 0.15) is 27.2 Å². The highest BCUT2D eigenvalue weighted by Gasteiger charge is 2.19. The Morgan fingerprint density at radius 3 is 2.57 bits per heavy atom. The second kappa shape index (κ2) is 8.19. The Balaban J connectivity index is 1.37. The number of carbonyl (C=O) groups is 2. The molecule has 0 radical (unpaired) electrons. The van der Waals surface area contributed by atoms with Crippen molar-refractivity contribution in [3.05, 3.63) is 75.3 Å². The van der Waals surface area contributed by atoms with Crippen LogP contribution in [0, 0.1) is 6.92 Å². The summed E-state index contributed by atoms with van der Waals surface area (Å²) < 4.78 is 1.49. The molecule has 0 atom stereocenters. The van der Waals surface area contributed by atoms with Crippen LogP contribution in [-0.2, 0) is 13.1 Å². The van der Waals surface area contributed by atoms with E-state index in [1.54, 1.807) is 11.8 Å². The predicted octanol–water partition coefficient (Wildman–Crippen LogP) is 0.719. The first-order valence-corrected chi connectivity index (χ1v) is 9.51. The average molecular weight is 407 g/mol. The van der Waals surface area contributed by atoms with Crippen LogP contribution in [0.4, 0.5) is 4.79 Å². The van der Waals surface area contributed by atoms with Gasteiger partial charge in [-0.25, -0.2) is 14.6 Å². The van der Waals surface area contributed by atoms with Gasteiger partial charge in [0, 0.05) is 32.2 Å². The monoisotopic (exact) mass is 407 g/mol. The third-order valence-corrected chi connectivity index (χ3v) is 4.93. The van der Waals surface area contributed by atoms with Crippen molar-refractivity contribution in [3.63, 3.8) is 0 Å². The highest BCUT2D eigenvalue weighted by Crippen LogP contribution is 2.13. The van der Waals surface area contributed by atoms with Crippen LogP contribution in [0.3, 0.4) is 0 Å². The van der Waals surface area contributed by atoms with E-state index in [2.05, 4.69) is 25.9 Å². The molecular weight excluding hydrogens is 386 g/mol. The maximum Gasteiger partial charge on any atom is 0.317 e. The molecule has 1 saturated heterocycles. The number of carbonyl (C=O) groups excluding carboxylic acids is 2. The molecule has 154 valence electrons. The number of urea groups is 1. The minimum absolute atomic E-state index is 0.0423. The van der Waals surface area contributed by atoms with E-state index in [0.717, 1.165) is 11.1 Å². The van der Waals surface area contributed by atoms with E-state index in [9.17, 15) is 14.4 Å². The predicted molar refractivity (Wildman–Crippen MR) is 108 cm³/mol. The van der Waals surface area contributed by atoms with Gasteiger partial charge in [0.05, 0.1) is 17.5 Å². The summed E-state index contributed by atoms with van der Waals surface area (Å²) in [5, 5.41) is 16.1. The molecule has 1 aromatic carbocycles. The lowest BCUT2D eigenvalue weighted by Gasteiger charge is -2.14. The first-order chi connectivity index (χ1) is 14.5. The summed E-state index contributed by atoms with van der Waals surface area (Å²) in [6, 6.07) is 10.6. The molecule has 0 unspecified atom stereocenters. The minimum Gasteiger partial charge on any atom is -0.348 e. The number of rotatable bonds is 6. The fourth-order valence-corrected chi connectivity index (χ4v) is 3.24. The molecule has 30 heavy (non-hydrogen) atoms. The molecule has 3 amide bonds. The smallest absolute Gasteiger partial charge is 0.317 e. The van der Waals surface area contributed by atoms with Crippen LogP contribution in [0.25, 0.3) is 5.82 Å². The van der Waals surface area contributed by atoms with Crippen LogP contribution in [-0.4, -0.2) is 49.9 Å². The normalized spacial score (nSPS) is 13.4. The molecule has 3 heterocycles. The number of aromatic nitrogens is 4. The summed E-state index contributed by atoms with van der Waals surface area (Å²) in [5.41, 5.74) is 2.72. The van der Waals surface area contributed by atoms with Gasteiger partial charge in [-0.1, -0.05) is 24.3 Å². The van der Waals surface area contributed by atoms with Gasteiger partial charge >= 0.3 is 6.03 Å². The summed E-state index contributed by atoms with van der Waals surface area (Å²) in [7, 11) is 0. The number of hydrogen-bond donors (Lipinski definition) is 3. The SMILES string of the molecule is Cc1c(C(=O)NCc2ccc(CN3CCNC3=O)cc2)cnn1-c1ccc(=O)[nH]n1. The second-order valence-corrected chi connectivity index (χ2v) is 6.99. The minimum atomic E-state index is -0.309. The molecule has 0 saturated carbocycles. The molecular formula is C20H21N7O3. The van der Waals surface area contributed by atoms with Crippen LogP contribution >= 0.6 is 0 Å². The lowest BCUT2D eigenvalue weighted by molar-refractivity contribution is 0.0950.